The number of benzene rings is 1. The molecule has 0 aromatic heterocycles. The summed E-state index contributed by atoms with van der Waals surface area (Å²) in [5.41, 5.74) is -0.776. The Morgan fingerprint density at radius 1 is 1.50 bits per heavy atom. The minimum absolute atomic E-state index is 0.0513. The van der Waals surface area contributed by atoms with Gasteiger partial charge in [0, 0.05) is 12.6 Å². The van der Waals surface area contributed by atoms with Crippen molar-refractivity contribution in [3.8, 4) is 0 Å². The molecule has 2 N–H and O–H groups in total. The van der Waals surface area contributed by atoms with Gasteiger partial charge in [-0.25, -0.2) is 4.39 Å². The second-order valence-corrected chi connectivity index (χ2v) is 4.77. The molecular formula is C13H17FN2O4. The average molecular weight is 284 g/mol. The molecule has 110 valence electrons. The van der Waals surface area contributed by atoms with Gasteiger partial charge in [-0.05, 0) is 24.5 Å². The molecule has 0 radical (unpaired) electrons. The lowest BCUT2D eigenvalue weighted by molar-refractivity contribution is -0.385. The molecule has 0 aliphatic carbocycles. The minimum Gasteiger partial charge on any atom is -0.393 e. The summed E-state index contributed by atoms with van der Waals surface area (Å²) in [5.74, 6) is -1.40. The maximum atomic E-state index is 13.1. The van der Waals surface area contributed by atoms with E-state index in [-0.39, 0.29) is 18.0 Å². The van der Waals surface area contributed by atoms with E-state index < -0.39 is 28.4 Å². The monoisotopic (exact) mass is 284 g/mol. The van der Waals surface area contributed by atoms with Crippen LogP contribution >= 0.6 is 0 Å². The van der Waals surface area contributed by atoms with Gasteiger partial charge in [0.25, 0.3) is 11.6 Å². The summed E-state index contributed by atoms with van der Waals surface area (Å²) in [6, 6.07) is 2.71. The van der Waals surface area contributed by atoms with Gasteiger partial charge in [0.05, 0.1) is 11.0 Å². The second-order valence-electron chi connectivity index (χ2n) is 4.77. The highest BCUT2D eigenvalue weighted by atomic mass is 19.1. The Morgan fingerprint density at radius 3 is 2.70 bits per heavy atom. The van der Waals surface area contributed by atoms with Gasteiger partial charge in [-0.3, -0.25) is 14.9 Å². The quantitative estimate of drug-likeness (QED) is 0.616. The molecule has 1 amide bonds. The third kappa shape index (κ3) is 4.27. The zero-order valence-corrected chi connectivity index (χ0v) is 11.3. The number of aliphatic hydroxyl groups is 1. The average Bonchev–Trinajstić information content (AvgIpc) is 2.37. The fraction of sp³-hybridized carbons (Fsp3) is 0.462. The largest absolute Gasteiger partial charge is 0.393 e. The molecule has 20 heavy (non-hydrogen) atoms. The highest BCUT2D eigenvalue weighted by Crippen LogP contribution is 2.19. The Labute approximate surface area is 115 Å². The van der Waals surface area contributed by atoms with Crippen molar-refractivity contribution in [2.45, 2.75) is 26.4 Å². The number of hydrogen-bond donors (Lipinski definition) is 2. The van der Waals surface area contributed by atoms with Crippen LogP contribution in [0.15, 0.2) is 18.2 Å². The third-order valence-corrected chi connectivity index (χ3v) is 2.90. The Morgan fingerprint density at radius 2 is 2.15 bits per heavy atom. The fourth-order valence-electron chi connectivity index (χ4n) is 1.61. The molecule has 1 aromatic carbocycles. The van der Waals surface area contributed by atoms with Crippen molar-refractivity contribution in [3.63, 3.8) is 0 Å². The normalized spacial score (nSPS) is 12.2. The molecule has 1 rings (SSSR count). The number of halogens is 1. The van der Waals surface area contributed by atoms with Crippen molar-refractivity contribution >= 4 is 11.6 Å². The van der Waals surface area contributed by atoms with Crippen molar-refractivity contribution in [3.05, 3.63) is 39.7 Å². The first-order valence-corrected chi connectivity index (χ1v) is 6.23. The highest BCUT2D eigenvalue weighted by molar-refractivity contribution is 5.98. The zero-order chi connectivity index (χ0) is 15.3. The fourth-order valence-corrected chi connectivity index (χ4v) is 1.61. The Hall–Kier alpha value is -2.02. The van der Waals surface area contributed by atoms with E-state index in [9.17, 15) is 24.4 Å². The van der Waals surface area contributed by atoms with E-state index in [1.54, 1.807) is 0 Å². The topological polar surface area (TPSA) is 92.5 Å². The molecule has 0 spiro atoms. The van der Waals surface area contributed by atoms with E-state index in [0.717, 1.165) is 18.2 Å². The lowest BCUT2D eigenvalue weighted by Gasteiger charge is -2.14. The summed E-state index contributed by atoms with van der Waals surface area (Å²) in [6.45, 7) is 3.83. The lowest BCUT2D eigenvalue weighted by Crippen LogP contribution is -2.29. The number of nitrogens with zero attached hydrogens (tertiary/aromatic N) is 1. The molecule has 0 bridgehead atoms. The molecule has 7 heteroatoms. The molecule has 0 aliphatic heterocycles. The van der Waals surface area contributed by atoms with Crippen molar-refractivity contribution in [2.24, 2.45) is 5.92 Å². The molecule has 1 unspecified atom stereocenters. The predicted molar refractivity (Wildman–Crippen MR) is 70.8 cm³/mol. The molecule has 1 atom stereocenters. The summed E-state index contributed by atoms with van der Waals surface area (Å²) in [7, 11) is 0. The molecule has 0 saturated carbocycles. The van der Waals surface area contributed by atoms with Crippen LogP contribution < -0.4 is 5.32 Å². The first-order chi connectivity index (χ1) is 9.32. The highest BCUT2D eigenvalue weighted by Gasteiger charge is 2.21. The number of amides is 1. The molecule has 6 nitrogen and oxygen atoms in total. The molecular weight excluding hydrogens is 267 g/mol. The number of nitro groups is 1. The maximum absolute atomic E-state index is 13.1. The Balaban J connectivity index is 2.72. The molecule has 0 aliphatic rings. The van der Waals surface area contributed by atoms with E-state index in [0.29, 0.717) is 6.42 Å². The van der Waals surface area contributed by atoms with E-state index in [4.69, 9.17) is 0 Å². The van der Waals surface area contributed by atoms with Gasteiger partial charge in [-0.2, -0.15) is 0 Å². The third-order valence-electron chi connectivity index (χ3n) is 2.90. The Kier molecular flexibility index (Phi) is 5.57. The van der Waals surface area contributed by atoms with E-state index in [1.165, 1.54) is 0 Å². The second kappa shape index (κ2) is 6.95. The van der Waals surface area contributed by atoms with Crippen LogP contribution in [0.5, 0.6) is 0 Å². The maximum Gasteiger partial charge on any atom is 0.282 e. The van der Waals surface area contributed by atoms with Crippen LogP contribution in [0, 0.1) is 21.8 Å². The van der Waals surface area contributed by atoms with Crippen molar-refractivity contribution < 1.29 is 19.2 Å². The van der Waals surface area contributed by atoms with Gasteiger partial charge in [0.1, 0.15) is 11.4 Å². The van der Waals surface area contributed by atoms with E-state index >= 15 is 0 Å². The summed E-state index contributed by atoms with van der Waals surface area (Å²) >= 11 is 0. The van der Waals surface area contributed by atoms with Gasteiger partial charge in [0.15, 0.2) is 0 Å². The Bertz CT molecular complexity index is 505. The molecule has 0 saturated heterocycles. The molecule has 0 fully saturated rings. The van der Waals surface area contributed by atoms with Crippen molar-refractivity contribution in [1.82, 2.24) is 5.32 Å². The number of nitrogens with one attached hydrogen (secondary N) is 1. The van der Waals surface area contributed by atoms with Crippen LogP contribution in [0.4, 0.5) is 10.1 Å². The smallest absolute Gasteiger partial charge is 0.282 e. The predicted octanol–water partition coefficient (Wildman–Crippen LogP) is 1.87. The summed E-state index contributed by atoms with van der Waals surface area (Å²) < 4.78 is 13.1. The van der Waals surface area contributed by atoms with Crippen LogP contribution in [-0.2, 0) is 0 Å². The summed E-state index contributed by atoms with van der Waals surface area (Å²) in [4.78, 5) is 21.8. The first-order valence-electron chi connectivity index (χ1n) is 6.23. The standard InChI is InChI=1S/C13H17FN2O4/c1-8(2)12(17)5-6-15-13(18)10-7-9(14)3-4-11(10)16(19)20/h3-4,7-8,12,17H,5-6H2,1-2H3,(H,15,18). The van der Waals surface area contributed by atoms with Gasteiger partial charge in [-0.1, -0.05) is 13.8 Å². The SMILES string of the molecule is CC(C)C(O)CCNC(=O)c1cc(F)ccc1[N+](=O)[O-]. The van der Waals surface area contributed by atoms with E-state index in [1.807, 2.05) is 13.8 Å². The number of nitro benzene ring substituents is 1. The van der Waals surface area contributed by atoms with Gasteiger partial charge in [0.2, 0.25) is 0 Å². The summed E-state index contributed by atoms with van der Waals surface area (Å²) in [6.07, 6.45) is -0.246. The minimum atomic E-state index is -0.739. The molecule has 0 heterocycles. The number of carbonyl (C=O) groups is 1. The van der Waals surface area contributed by atoms with Crippen LogP contribution in [0.25, 0.3) is 0 Å². The zero-order valence-electron chi connectivity index (χ0n) is 11.3. The number of rotatable bonds is 6. The van der Waals surface area contributed by atoms with Gasteiger partial charge >= 0.3 is 0 Å². The number of carbonyl (C=O) groups excluding carboxylic acids is 1. The van der Waals surface area contributed by atoms with Crippen LogP contribution in [0.3, 0.4) is 0 Å². The lowest BCUT2D eigenvalue weighted by atomic mass is 10.0. The van der Waals surface area contributed by atoms with Crippen LogP contribution in [-0.4, -0.2) is 28.6 Å². The molecule has 1 aromatic rings. The van der Waals surface area contributed by atoms with E-state index in [2.05, 4.69) is 5.32 Å². The van der Waals surface area contributed by atoms with Crippen molar-refractivity contribution in [1.29, 1.82) is 0 Å². The van der Waals surface area contributed by atoms with Gasteiger partial charge < -0.3 is 10.4 Å². The van der Waals surface area contributed by atoms with Crippen LogP contribution in [0.1, 0.15) is 30.6 Å². The van der Waals surface area contributed by atoms with Crippen molar-refractivity contribution in [2.75, 3.05) is 6.54 Å². The summed E-state index contributed by atoms with van der Waals surface area (Å²) in [5, 5.41) is 22.8. The van der Waals surface area contributed by atoms with Crippen LogP contribution in [0.2, 0.25) is 0 Å². The number of aliphatic hydroxyl groups excluding tert-OH is 1. The first kappa shape index (κ1) is 16.0. The van der Waals surface area contributed by atoms with Gasteiger partial charge in [-0.15, -0.1) is 0 Å². The number of hydrogen-bond acceptors (Lipinski definition) is 4.